The zero-order valence-electron chi connectivity index (χ0n) is 17.8. The van der Waals surface area contributed by atoms with Crippen molar-refractivity contribution in [1.82, 2.24) is 4.90 Å². The number of hydrogen-bond donors (Lipinski definition) is 1. The molecule has 1 heterocycles. The van der Waals surface area contributed by atoms with Crippen molar-refractivity contribution >= 4 is 23.1 Å². The highest BCUT2D eigenvalue weighted by molar-refractivity contribution is 6.36. The summed E-state index contributed by atoms with van der Waals surface area (Å²) in [4.78, 5) is 27.5. The van der Waals surface area contributed by atoms with Crippen LogP contribution >= 0.6 is 0 Å². The summed E-state index contributed by atoms with van der Waals surface area (Å²) in [6.45, 7) is 3.46. The van der Waals surface area contributed by atoms with Crippen LogP contribution in [0.4, 0.5) is 10.1 Å². The molecule has 31 heavy (non-hydrogen) atoms. The summed E-state index contributed by atoms with van der Waals surface area (Å²) >= 11 is 0. The number of methoxy groups -OCH3 is 1. The van der Waals surface area contributed by atoms with E-state index in [4.69, 9.17) is 9.47 Å². The minimum absolute atomic E-state index is 0.146. The molecule has 1 aliphatic heterocycles. The Labute approximate surface area is 181 Å². The SMILES string of the molecule is CCCCOCCCN1C(=O)C(Nc2ccccc2OC)=C(c2ccc(F)cc2)C1=O. The number of amides is 2. The quantitative estimate of drug-likeness (QED) is 0.430. The van der Waals surface area contributed by atoms with Crippen molar-refractivity contribution in [2.75, 3.05) is 32.2 Å². The molecule has 1 aliphatic rings. The molecule has 1 N–H and O–H groups in total. The van der Waals surface area contributed by atoms with E-state index < -0.39 is 17.6 Å². The molecule has 2 aromatic carbocycles. The molecule has 0 unspecified atom stereocenters. The first-order chi connectivity index (χ1) is 15.1. The lowest BCUT2D eigenvalue weighted by molar-refractivity contribution is -0.137. The summed E-state index contributed by atoms with van der Waals surface area (Å²) in [5, 5.41) is 3.07. The third kappa shape index (κ3) is 5.30. The lowest BCUT2D eigenvalue weighted by atomic mass is 10.0. The van der Waals surface area contributed by atoms with Crippen LogP contribution in [-0.2, 0) is 14.3 Å². The first-order valence-electron chi connectivity index (χ1n) is 10.4. The van der Waals surface area contributed by atoms with Crippen molar-refractivity contribution in [3.8, 4) is 5.75 Å². The Balaban J connectivity index is 1.85. The number of carbonyl (C=O) groups is 2. The van der Waals surface area contributed by atoms with E-state index in [1.807, 2.05) is 6.07 Å². The van der Waals surface area contributed by atoms with Crippen LogP contribution in [0.1, 0.15) is 31.7 Å². The van der Waals surface area contributed by atoms with Gasteiger partial charge < -0.3 is 14.8 Å². The van der Waals surface area contributed by atoms with Crippen molar-refractivity contribution in [2.24, 2.45) is 0 Å². The molecule has 0 saturated carbocycles. The van der Waals surface area contributed by atoms with Crippen molar-refractivity contribution in [3.05, 3.63) is 65.6 Å². The number of benzene rings is 2. The average molecular weight is 426 g/mol. The van der Waals surface area contributed by atoms with Crippen molar-refractivity contribution < 1.29 is 23.5 Å². The standard InChI is InChI=1S/C24H27FN2O4/c1-3-4-15-31-16-7-14-27-23(28)21(17-10-12-18(25)13-11-17)22(24(27)29)26-19-8-5-6-9-20(19)30-2/h5-6,8-13,26H,3-4,7,14-16H2,1-2H3. The second-order valence-electron chi connectivity index (χ2n) is 7.16. The number of imide groups is 1. The normalized spacial score (nSPS) is 13.8. The topological polar surface area (TPSA) is 67.9 Å². The van der Waals surface area contributed by atoms with E-state index in [1.165, 1.54) is 36.3 Å². The first kappa shape index (κ1) is 22.5. The van der Waals surface area contributed by atoms with Gasteiger partial charge in [-0.25, -0.2) is 4.39 Å². The number of para-hydroxylation sites is 2. The fraction of sp³-hybridized carbons (Fsp3) is 0.333. The Morgan fingerprint density at radius 3 is 2.39 bits per heavy atom. The van der Waals surface area contributed by atoms with Crippen LogP contribution in [0.2, 0.25) is 0 Å². The maximum atomic E-state index is 13.4. The molecule has 0 fully saturated rings. The molecule has 0 atom stereocenters. The highest BCUT2D eigenvalue weighted by atomic mass is 19.1. The van der Waals surface area contributed by atoms with E-state index >= 15 is 0 Å². The van der Waals surface area contributed by atoms with Crippen LogP contribution in [0.3, 0.4) is 0 Å². The second kappa shape index (κ2) is 10.7. The minimum atomic E-state index is -0.427. The van der Waals surface area contributed by atoms with E-state index in [9.17, 15) is 14.0 Å². The van der Waals surface area contributed by atoms with Gasteiger partial charge in [0, 0.05) is 19.8 Å². The van der Waals surface area contributed by atoms with Gasteiger partial charge in [0.05, 0.1) is 18.4 Å². The predicted octanol–water partition coefficient (Wildman–Crippen LogP) is 4.23. The van der Waals surface area contributed by atoms with Crippen LogP contribution in [0.5, 0.6) is 5.75 Å². The Morgan fingerprint density at radius 2 is 1.68 bits per heavy atom. The van der Waals surface area contributed by atoms with Crippen LogP contribution in [-0.4, -0.2) is 43.6 Å². The molecule has 0 aromatic heterocycles. The number of hydrogen-bond acceptors (Lipinski definition) is 5. The number of halogens is 1. The molecular formula is C24H27FN2O4. The Morgan fingerprint density at radius 1 is 0.968 bits per heavy atom. The summed E-state index contributed by atoms with van der Waals surface area (Å²) in [5.41, 5.74) is 1.39. The number of nitrogens with one attached hydrogen (secondary N) is 1. The third-order valence-electron chi connectivity index (χ3n) is 4.98. The largest absolute Gasteiger partial charge is 0.495 e. The zero-order valence-corrected chi connectivity index (χ0v) is 17.8. The number of nitrogens with zero attached hydrogens (tertiary/aromatic N) is 1. The molecule has 0 spiro atoms. The average Bonchev–Trinajstić information content (AvgIpc) is 3.01. The Bertz CT molecular complexity index is 956. The van der Waals surface area contributed by atoms with Gasteiger partial charge in [-0.15, -0.1) is 0 Å². The van der Waals surface area contributed by atoms with Gasteiger partial charge in [0.25, 0.3) is 11.8 Å². The Kier molecular flexibility index (Phi) is 7.78. The second-order valence-corrected chi connectivity index (χ2v) is 7.16. The summed E-state index contributed by atoms with van der Waals surface area (Å²) in [5.74, 6) is -0.718. The highest BCUT2D eigenvalue weighted by Gasteiger charge is 2.39. The van der Waals surface area contributed by atoms with Crippen molar-refractivity contribution in [1.29, 1.82) is 0 Å². The highest BCUT2D eigenvalue weighted by Crippen LogP contribution is 2.33. The van der Waals surface area contributed by atoms with E-state index in [2.05, 4.69) is 12.2 Å². The summed E-state index contributed by atoms with van der Waals surface area (Å²) in [6, 6.07) is 12.7. The first-order valence-corrected chi connectivity index (χ1v) is 10.4. The van der Waals surface area contributed by atoms with Gasteiger partial charge in [-0.05, 0) is 42.7 Å². The summed E-state index contributed by atoms with van der Waals surface area (Å²) < 4.78 is 24.3. The van der Waals surface area contributed by atoms with Gasteiger partial charge in [0.2, 0.25) is 0 Å². The van der Waals surface area contributed by atoms with Gasteiger partial charge in [-0.2, -0.15) is 0 Å². The predicted molar refractivity (Wildman–Crippen MR) is 117 cm³/mol. The van der Waals surface area contributed by atoms with E-state index in [0.29, 0.717) is 36.6 Å². The van der Waals surface area contributed by atoms with Crippen LogP contribution in [0, 0.1) is 5.82 Å². The number of carbonyl (C=O) groups excluding carboxylic acids is 2. The molecule has 0 radical (unpaired) electrons. The van der Waals surface area contributed by atoms with Gasteiger partial charge in [0.1, 0.15) is 17.3 Å². The minimum Gasteiger partial charge on any atom is -0.495 e. The lowest BCUT2D eigenvalue weighted by Crippen LogP contribution is -2.34. The fourth-order valence-corrected chi connectivity index (χ4v) is 3.34. The molecule has 2 amide bonds. The van der Waals surface area contributed by atoms with E-state index in [1.54, 1.807) is 18.2 Å². The number of unbranched alkanes of at least 4 members (excludes halogenated alkanes) is 1. The molecule has 6 nitrogen and oxygen atoms in total. The monoisotopic (exact) mass is 426 g/mol. The van der Waals surface area contributed by atoms with Gasteiger partial charge in [-0.1, -0.05) is 37.6 Å². The molecule has 7 heteroatoms. The van der Waals surface area contributed by atoms with Crippen molar-refractivity contribution in [3.63, 3.8) is 0 Å². The zero-order chi connectivity index (χ0) is 22.2. The molecule has 0 bridgehead atoms. The van der Waals surface area contributed by atoms with E-state index in [-0.39, 0.29) is 17.8 Å². The number of anilines is 1. The van der Waals surface area contributed by atoms with E-state index in [0.717, 1.165) is 12.8 Å². The molecule has 0 saturated heterocycles. The van der Waals surface area contributed by atoms with Gasteiger partial charge in [-0.3, -0.25) is 14.5 Å². The van der Waals surface area contributed by atoms with Gasteiger partial charge in [0.15, 0.2) is 0 Å². The summed E-state index contributed by atoms with van der Waals surface area (Å²) in [6.07, 6.45) is 2.57. The third-order valence-corrected chi connectivity index (χ3v) is 4.98. The summed E-state index contributed by atoms with van der Waals surface area (Å²) in [7, 11) is 1.53. The van der Waals surface area contributed by atoms with Crippen LogP contribution < -0.4 is 10.1 Å². The maximum absolute atomic E-state index is 13.4. The molecule has 0 aliphatic carbocycles. The lowest BCUT2D eigenvalue weighted by Gasteiger charge is -2.16. The molecule has 2 aromatic rings. The fourth-order valence-electron chi connectivity index (χ4n) is 3.34. The van der Waals surface area contributed by atoms with Crippen LogP contribution in [0.25, 0.3) is 5.57 Å². The Hall–Kier alpha value is -3.19. The van der Waals surface area contributed by atoms with Crippen molar-refractivity contribution in [2.45, 2.75) is 26.2 Å². The number of ether oxygens (including phenoxy) is 2. The molecule has 164 valence electrons. The number of rotatable bonds is 11. The maximum Gasteiger partial charge on any atom is 0.278 e. The van der Waals surface area contributed by atoms with Crippen LogP contribution in [0.15, 0.2) is 54.2 Å². The molecular weight excluding hydrogens is 399 g/mol. The molecule has 3 rings (SSSR count). The van der Waals surface area contributed by atoms with Gasteiger partial charge >= 0.3 is 0 Å². The smallest absolute Gasteiger partial charge is 0.278 e.